The zero-order valence-corrected chi connectivity index (χ0v) is 10.7. The highest BCUT2D eigenvalue weighted by Crippen LogP contribution is 2.11. The maximum Gasteiger partial charge on any atom is 0.0830 e. The van der Waals surface area contributed by atoms with Gasteiger partial charge in [0.05, 0.1) is 12.2 Å². The molecule has 0 saturated carbocycles. The fraction of sp³-hybridized carbons (Fsp3) is 1.00. The molecule has 16 heavy (non-hydrogen) atoms. The Morgan fingerprint density at radius 1 is 1.19 bits per heavy atom. The molecular weight excluding hydrogens is 202 g/mol. The molecule has 0 unspecified atom stereocenters. The number of rotatable bonds is 2. The minimum Gasteiger partial charge on any atom is -0.371 e. The second-order valence-corrected chi connectivity index (χ2v) is 5.34. The smallest absolute Gasteiger partial charge is 0.0830 e. The summed E-state index contributed by atoms with van der Waals surface area (Å²) in [4.78, 5) is 2.55. The summed E-state index contributed by atoms with van der Waals surface area (Å²) in [7, 11) is 0. The molecule has 2 saturated heterocycles. The number of hydrogen-bond donors (Lipinski definition) is 2. The minimum absolute atomic E-state index is 0.356. The molecule has 2 N–H and O–H groups in total. The van der Waals surface area contributed by atoms with Crippen LogP contribution in [0.25, 0.3) is 0 Å². The number of nitrogens with zero attached hydrogens (tertiary/aromatic N) is 1. The molecule has 94 valence electrons. The van der Waals surface area contributed by atoms with Crippen LogP contribution in [0, 0.1) is 0 Å². The number of nitrogens with one attached hydrogen (secondary N) is 2. The maximum atomic E-state index is 5.95. The molecular formula is C12H25N3O. The molecule has 0 aliphatic carbocycles. The second-order valence-electron chi connectivity index (χ2n) is 5.34. The molecule has 0 aromatic carbocycles. The summed E-state index contributed by atoms with van der Waals surface area (Å²) < 4.78 is 5.95. The predicted molar refractivity (Wildman–Crippen MR) is 65.7 cm³/mol. The van der Waals surface area contributed by atoms with Crippen molar-refractivity contribution in [2.45, 2.75) is 45.1 Å². The summed E-state index contributed by atoms with van der Waals surface area (Å²) in [5, 5.41) is 6.94. The van der Waals surface area contributed by atoms with Gasteiger partial charge < -0.3 is 15.4 Å². The maximum absolute atomic E-state index is 5.95. The van der Waals surface area contributed by atoms with Crippen LogP contribution in [0.3, 0.4) is 0 Å². The lowest BCUT2D eigenvalue weighted by Gasteiger charge is -2.40. The Balaban J connectivity index is 1.82. The summed E-state index contributed by atoms with van der Waals surface area (Å²) in [5.74, 6) is 0. The average molecular weight is 227 g/mol. The van der Waals surface area contributed by atoms with Gasteiger partial charge in [0.2, 0.25) is 0 Å². The van der Waals surface area contributed by atoms with E-state index in [0.717, 1.165) is 32.7 Å². The minimum atomic E-state index is 0.356. The third kappa shape index (κ3) is 3.17. The van der Waals surface area contributed by atoms with E-state index >= 15 is 0 Å². The fourth-order valence-electron chi connectivity index (χ4n) is 2.59. The lowest BCUT2D eigenvalue weighted by atomic mass is 10.1. The highest BCUT2D eigenvalue weighted by molar-refractivity contribution is 4.84. The van der Waals surface area contributed by atoms with Crippen LogP contribution in [0.4, 0.5) is 0 Å². The predicted octanol–water partition coefficient (Wildman–Crippen LogP) is 0.0455. The van der Waals surface area contributed by atoms with Crippen LogP contribution in [0.2, 0.25) is 0 Å². The van der Waals surface area contributed by atoms with Gasteiger partial charge in [-0.3, -0.25) is 4.90 Å². The highest BCUT2D eigenvalue weighted by atomic mass is 16.5. The van der Waals surface area contributed by atoms with Crippen LogP contribution in [-0.2, 0) is 4.74 Å². The van der Waals surface area contributed by atoms with Crippen LogP contribution >= 0.6 is 0 Å². The van der Waals surface area contributed by atoms with Gasteiger partial charge >= 0.3 is 0 Å². The van der Waals surface area contributed by atoms with Gasteiger partial charge in [-0.05, 0) is 20.8 Å². The van der Waals surface area contributed by atoms with Crippen LogP contribution < -0.4 is 10.6 Å². The standard InChI is InChI=1S/C12H25N3O/c1-9-7-15(10(2)4-14-9)8-12-6-13-5-11(3)16-12/h9-14H,4-8H2,1-3H3/t9-,10-,11-,12+/m1/s1. The topological polar surface area (TPSA) is 36.5 Å². The number of morpholine rings is 1. The lowest BCUT2D eigenvalue weighted by Crippen LogP contribution is -2.58. The van der Waals surface area contributed by atoms with Gasteiger partial charge in [-0.25, -0.2) is 0 Å². The molecule has 4 nitrogen and oxygen atoms in total. The van der Waals surface area contributed by atoms with Gasteiger partial charge in [-0.15, -0.1) is 0 Å². The zero-order valence-electron chi connectivity index (χ0n) is 10.7. The van der Waals surface area contributed by atoms with Crippen LogP contribution in [-0.4, -0.2) is 61.9 Å². The van der Waals surface area contributed by atoms with Crippen LogP contribution in [0.1, 0.15) is 20.8 Å². The lowest BCUT2D eigenvalue weighted by molar-refractivity contribution is -0.0508. The van der Waals surface area contributed by atoms with Crippen molar-refractivity contribution < 1.29 is 4.74 Å². The SMILES string of the molecule is C[C@@H]1CN(C[C@@H]2CNC[C@@H](C)O2)[C@H](C)CN1. The van der Waals surface area contributed by atoms with E-state index in [0.29, 0.717) is 24.3 Å². The van der Waals surface area contributed by atoms with Crippen molar-refractivity contribution >= 4 is 0 Å². The first-order valence-electron chi connectivity index (χ1n) is 6.48. The molecule has 2 fully saturated rings. The van der Waals surface area contributed by atoms with Crippen molar-refractivity contribution in [3.63, 3.8) is 0 Å². The van der Waals surface area contributed by atoms with Crippen molar-refractivity contribution in [3.05, 3.63) is 0 Å². The molecule has 0 amide bonds. The Morgan fingerprint density at radius 3 is 2.75 bits per heavy atom. The number of piperazine rings is 1. The highest BCUT2D eigenvalue weighted by Gasteiger charge is 2.27. The molecule has 0 aromatic heterocycles. The Kier molecular flexibility index (Phi) is 4.19. The van der Waals surface area contributed by atoms with E-state index in [1.807, 2.05) is 0 Å². The number of ether oxygens (including phenoxy) is 1. The van der Waals surface area contributed by atoms with Crippen LogP contribution in [0.15, 0.2) is 0 Å². The van der Waals surface area contributed by atoms with E-state index in [-0.39, 0.29) is 0 Å². The Bertz CT molecular complexity index is 224. The fourth-order valence-corrected chi connectivity index (χ4v) is 2.59. The van der Waals surface area contributed by atoms with E-state index in [2.05, 4.69) is 36.3 Å². The molecule has 2 heterocycles. The van der Waals surface area contributed by atoms with Crippen molar-refractivity contribution in [3.8, 4) is 0 Å². The summed E-state index contributed by atoms with van der Waals surface area (Å²) in [6.07, 6.45) is 0.714. The van der Waals surface area contributed by atoms with E-state index in [4.69, 9.17) is 4.74 Å². The molecule has 0 spiro atoms. The molecule has 4 atom stereocenters. The van der Waals surface area contributed by atoms with Crippen molar-refractivity contribution in [2.75, 3.05) is 32.7 Å². The molecule has 0 radical (unpaired) electrons. The normalized spacial score (nSPS) is 42.2. The van der Waals surface area contributed by atoms with Crippen molar-refractivity contribution in [1.82, 2.24) is 15.5 Å². The van der Waals surface area contributed by atoms with Gasteiger partial charge in [0.15, 0.2) is 0 Å². The van der Waals surface area contributed by atoms with Gasteiger partial charge in [0.1, 0.15) is 0 Å². The van der Waals surface area contributed by atoms with Crippen LogP contribution in [0.5, 0.6) is 0 Å². The Morgan fingerprint density at radius 2 is 2.00 bits per heavy atom. The first-order valence-corrected chi connectivity index (χ1v) is 6.48. The summed E-state index contributed by atoms with van der Waals surface area (Å²) in [6, 6.07) is 1.22. The molecule has 0 bridgehead atoms. The largest absolute Gasteiger partial charge is 0.371 e. The summed E-state index contributed by atoms with van der Waals surface area (Å²) in [6.45, 7) is 12.0. The van der Waals surface area contributed by atoms with Gasteiger partial charge in [0.25, 0.3) is 0 Å². The van der Waals surface area contributed by atoms with Gasteiger partial charge in [-0.2, -0.15) is 0 Å². The second kappa shape index (κ2) is 5.45. The Hall–Kier alpha value is -0.160. The molecule has 0 aromatic rings. The quantitative estimate of drug-likeness (QED) is 0.699. The van der Waals surface area contributed by atoms with E-state index in [1.54, 1.807) is 0 Å². The van der Waals surface area contributed by atoms with E-state index < -0.39 is 0 Å². The molecule has 2 rings (SSSR count). The van der Waals surface area contributed by atoms with Gasteiger partial charge in [0, 0.05) is 44.8 Å². The average Bonchev–Trinajstić information content (AvgIpc) is 2.24. The third-order valence-corrected chi connectivity index (χ3v) is 3.56. The van der Waals surface area contributed by atoms with Crippen molar-refractivity contribution in [2.24, 2.45) is 0 Å². The monoisotopic (exact) mass is 227 g/mol. The third-order valence-electron chi connectivity index (χ3n) is 3.56. The summed E-state index contributed by atoms with van der Waals surface area (Å²) in [5.41, 5.74) is 0. The van der Waals surface area contributed by atoms with E-state index in [9.17, 15) is 0 Å². The number of hydrogen-bond acceptors (Lipinski definition) is 4. The Labute approximate surface area is 98.7 Å². The van der Waals surface area contributed by atoms with E-state index in [1.165, 1.54) is 0 Å². The molecule has 2 aliphatic rings. The zero-order chi connectivity index (χ0) is 11.5. The molecule has 2 aliphatic heterocycles. The van der Waals surface area contributed by atoms with Crippen molar-refractivity contribution in [1.29, 1.82) is 0 Å². The molecule has 4 heteroatoms. The van der Waals surface area contributed by atoms with Gasteiger partial charge in [-0.1, -0.05) is 0 Å². The first kappa shape index (κ1) is 12.3. The summed E-state index contributed by atoms with van der Waals surface area (Å²) >= 11 is 0. The first-order chi connectivity index (χ1) is 7.65.